The Kier molecular flexibility index (Phi) is 13.0. The van der Waals surface area contributed by atoms with E-state index in [4.69, 9.17) is 0 Å². The molecule has 0 saturated heterocycles. The molecule has 4 heteroatoms. The van der Waals surface area contributed by atoms with Gasteiger partial charge >= 0.3 is 0 Å². The van der Waals surface area contributed by atoms with E-state index in [9.17, 15) is 0 Å². The Morgan fingerprint density at radius 3 is 2.36 bits per heavy atom. The van der Waals surface area contributed by atoms with E-state index in [-0.39, 0.29) is 0 Å². The van der Waals surface area contributed by atoms with Gasteiger partial charge in [-0.05, 0) is 19.2 Å². The molecule has 86 valence electrons. The quantitative estimate of drug-likeness (QED) is 0.263. The first-order valence-corrected chi connectivity index (χ1v) is 8.63. The summed E-state index contributed by atoms with van der Waals surface area (Å²) in [7, 11) is 1.59. The van der Waals surface area contributed by atoms with Crippen molar-refractivity contribution in [3.05, 3.63) is 0 Å². The predicted octanol–water partition coefficient (Wildman–Crippen LogP) is 4.16. The fraction of sp³-hybridized carbons (Fsp3) is 1.00. The fourth-order valence-electron chi connectivity index (χ4n) is 1.29. The minimum atomic E-state index is 0.453. The maximum Gasteiger partial charge on any atom is 0.110 e. The third-order valence-corrected chi connectivity index (χ3v) is 5.03. The second-order valence-corrected chi connectivity index (χ2v) is 5.95. The summed E-state index contributed by atoms with van der Waals surface area (Å²) in [6.45, 7) is 3.39. The Morgan fingerprint density at radius 2 is 1.79 bits per heavy atom. The molecule has 0 aromatic carbocycles. The first-order valence-electron chi connectivity index (χ1n) is 5.41. The van der Waals surface area contributed by atoms with Gasteiger partial charge in [-0.2, -0.15) is 0 Å². The van der Waals surface area contributed by atoms with E-state index in [1.165, 1.54) is 38.5 Å². The third kappa shape index (κ3) is 9.56. The SMILES string of the molecule is CCCCCCCCNC(SC)SS. The van der Waals surface area contributed by atoms with Crippen LogP contribution in [0.1, 0.15) is 45.4 Å². The Balaban J connectivity index is 3.04. The first kappa shape index (κ1) is 15.0. The van der Waals surface area contributed by atoms with Crippen LogP contribution in [0.3, 0.4) is 0 Å². The molecule has 0 spiro atoms. The molecule has 0 radical (unpaired) electrons. The Bertz CT molecular complexity index is 108. The smallest absolute Gasteiger partial charge is 0.110 e. The van der Waals surface area contributed by atoms with Crippen LogP contribution in [-0.2, 0) is 0 Å². The number of hydrogen-bond acceptors (Lipinski definition) is 4. The molecule has 0 aliphatic rings. The molecule has 0 fully saturated rings. The van der Waals surface area contributed by atoms with Crippen LogP contribution in [-0.4, -0.2) is 17.5 Å². The van der Waals surface area contributed by atoms with E-state index in [0.29, 0.717) is 4.71 Å². The molecule has 0 rings (SSSR count). The van der Waals surface area contributed by atoms with E-state index < -0.39 is 0 Å². The highest BCUT2D eigenvalue weighted by molar-refractivity contribution is 8.70. The van der Waals surface area contributed by atoms with Crippen LogP contribution in [0, 0.1) is 0 Å². The number of thioether (sulfide) groups is 1. The lowest BCUT2D eigenvalue weighted by Crippen LogP contribution is -2.22. The predicted molar refractivity (Wildman–Crippen MR) is 75.3 cm³/mol. The molecular weight excluding hydrogens is 230 g/mol. The molecule has 1 N–H and O–H groups in total. The molecule has 14 heavy (non-hydrogen) atoms. The average molecular weight is 254 g/mol. The van der Waals surface area contributed by atoms with Crippen molar-refractivity contribution in [2.75, 3.05) is 12.8 Å². The number of rotatable bonds is 10. The summed E-state index contributed by atoms with van der Waals surface area (Å²) < 4.78 is 0.453. The van der Waals surface area contributed by atoms with Crippen LogP contribution in [0.5, 0.6) is 0 Å². The number of nitrogens with one attached hydrogen (secondary N) is 1. The topological polar surface area (TPSA) is 12.0 Å². The minimum absolute atomic E-state index is 0.453. The molecule has 0 bridgehead atoms. The van der Waals surface area contributed by atoms with Gasteiger partial charge in [-0.3, -0.25) is 5.32 Å². The molecule has 0 aliphatic carbocycles. The number of unbranched alkanes of at least 4 members (excludes halogenated alkanes) is 5. The Labute approximate surface area is 102 Å². The van der Waals surface area contributed by atoms with E-state index in [2.05, 4.69) is 30.2 Å². The summed E-state index contributed by atoms with van der Waals surface area (Å²) in [6.07, 6.45) is 10.3. The lowest BCUT2D eigenvalue weighted by Gasteiger charge is -2.12. The third-order valence-electron chi connectivity index (χ3n) is 2.15. The van der Waals surface area contributed by atoms with Crippen LogP contribution in [0.15, 0.2) is 0 Å². The van der Waals surface area contributed by atoms with Crippen LogP contribution in [0.2, 0.25) is 0 Å². The van der Waals surface area contributed by atoms with Crippen molar-refractivity contribution in [2.24, 2.45) is 0 Å². The second-order valence-electron chi connectivity index (χ2n) is 3.39. The van der Waals surface area contributed by atoms with Gasteiger partial charge in [0.05, 0.1) is 0 Å². The number of thiol groups is 1. The molecule has 0 aromatic heterocycles. The van der Waals surface area contributed by atoms with Gasteiger partial charge in [0.2, 0.25) is 0 Å². The zero-order valence-electron chi connectivity index (χ0n) is 9.29. The van der Waals surface area contributed by atoms with E-state index in [1.807, 2.05) is 11.8 Å². The summed E-state index contributed by atoms with van der Waals surface area (Å²) in [4.78, 5) is 0. The Morgan fingerprint density at radius 1 is 1.14 bits per heavy atom. The molecule has 0 aliphatic heterocycles. The van der Waals surface area contributed by atoms with Crippen molar-refractivity contribution in [1.82, 2.24) is 5.32 Å². The van der Waals surface area contributed by atoms with Gasteiger partial charge in [0.25, 0.3) is 0 Å². The van der Waals surface area contributed by atoms with Crippen molar-refractivity contribution in [2.45, 2.75) is 50.2 Å². The molecule has 1 atom stereocenters. The van der Waals surface area contributed by atoms with Crippen LogP contribution in [0.4, 0.5) is 0 Å². The summed E-state index contributed by atoms with van der Waals surface area (Å²) in [5, 5.41) is 3.46. The Hall–Kier alpha value is 1.01. The van der Waals surface area contributed by atoms with Crippen molar-refractivity contribution in [3.63, 3.8) is 0 Å². The van der Waals surface area contributed by atoms with Crippen LogP contribution in [0.25, 0.3) is 0 Å². The maximum absolute atomic E-state index is 4.20. The molecule has 1 nitrogen and oxygen atoms in total. The first-order chi connectivity index (χ1) is 6.85. The van der Waals surface area contributed by atoms with Crippen molar-refractivity contribution in [3.8, 4) is 0 Å². The minimum Gasteiger partial charge on any atom is -0.296 e. The summed E-state index contributed by atoms with van der Waals surface area (Å²) >= 11 is 6.02. The van der Waals surface area contributed by atoms with Gasteiger partial charge < -0.3 is 0 Å². The zero-order chi connectivity index (χ0) is 10.6. The molecule has 0 heterocycles. The standard InChI is InChI=1S/C10H23NS3/c1-3-4-5-6-7-8-9-11-10(13-2)14-12/h10-12H,3-9H2,1-2H3. The normalized spacial score (nSPS) is 13.1. The highest BCUT2D eigenvalue weighted by Crippen LogP contribution is 2.21. The lowest BCUT2D eigenvalue weighted by atomic mass is 10.1. The summed E-state index contributed by atoms with van der Waals surface area (Å²) in [5.41, 5.74) is 0. The van der Waals surface area contributed by atoms with Crippen molar-refractivity contribution < 1.29 is 0 Å². The highest BCUT2D eigenvalue weighted by Gasteiger charge is 2.02. The molecular formula is C10H23NS3. The van der Waals surface area contributed by atoms with Gasteiger partial charge in [0.15, 0.2) is 0 Å². The van der Waals surface area contributed by atoms with Crippen LogP contribution < -0.4 is 5.32 Å². The van der Waals surface area contributed by atoms with Gasteiger partial charge in [0.1, 0.15) is 4.71 Å². The average Bonchev–Trinajstić information content (AvgIpc) is 2.22. The van der Waals surface area contributed by atoms with E-state index in [1.54, 1.807) is 10.8 Å². The summed E-state index contributed by atoms with van der Waals surface area (Å²) in [5.74, 6) is 0. The largest absolute Gasteiger partial charge is 0.296 e. The zero-order valence-corrected chi connectivity index (χ0v) is 11.8. The maximum atomic E-state index is 4.20. The second kappa shape index (κ2) is 12.1. The van der Waals surface area contributed by atoms with Gasteiger partial charge in [-0.15, -0.1) is 23.4 Å². The fourth-order valence-corrected chi connectivity index (χ4v) is 3.11. The van der Waals surface area contributed by atoms with Crippen LogP contribution >= 0.6 is 34.2 Å². The molecule has 1 unspecified atom stereocenters. The molecule has 0 amide bonds. The monoisotopic (exact) mass is 253 g/mol. The van der Waals surface area contributed by atoms with Gasteiger partial charge in [-0.25, -0.2) is 0 Å². The number of hydrogen-bond donors (Lipinski definition) is 2. The van der Waals surface area contributed by atoms with E-state index >= 15 is 0 Å². The lowest BCUT2D eigenvalue weighted by molar-refractivity contribution is 0.586. The van der Waals surface area contributed by atoms with E-state index in [0.717, 1.165) is 6.54 Å². The van der Waals surface area contributed by atoms with Crippen molar-refractivity contribution >= 4 is 34.2 Å². The van der Waals surface area contributed by atoms with Gasteiger partial charge in [0, 0.05) is 0 Å². The van der Waals surface area contributed by atoms with Gasteiger partial charge in [-0.1, -0.05) is 49.8 Å². The highest BCUT2D eigenvalue weighted by atomic mass is 33.1. The molecule has 0 saturated carbocycles. The van der Waals surface area contributed by atoms with Crippen molar-refractivity contribution in [1.29, 1.82) is 0 Å². The summed E-state index contributed by atoms with van der Waals surface area (Å²) in [6, 6.07) is 0. The molecule has 0 aromatic rings.